The molecule has 1 aliphatic rings. The Balaban J connectivity index is 1.79. The molecule has 0 atom stereocenters. The number of carbonyl (C=O) groups excluding carboxylic acids is 2. The summed E-state index contributed by atoms with van der Waals surface area (Å²) in [5.41, 5.74) is 3.72. The van der Waals surface area contributed by atoms with Crippen molar-refractivity contribution in [3.63, 3.8) is 0 Å². The van der Waals surface area contributed by atoms with Crippen LogP contribution in [-0.2, 0) is 25.5 Å². The van der Waals surface area contributed by atoms with Crippen LogP contribution in [-0.4, -0.2) is 49.0 Å². The zero-order chi connectivity index (χ0) is 22.1. The van der Waals surface area contributed by atoms with Crippen LogP contribution in [0.4, 0.5) is 0 Å². The third kappa shape index (κ3) is 5.81. The zero-order valence-corrected chi connectivity index (χ0v) is 18.0. The molecule has 0 bridgehead atoms. The number of nitrogens with zero attached hydrogens (tertiary/aromatic N) is 2. The van der Waals surface area contributed by atoms with Gasteiger partial charge in [-0.1, -0.05) is 54.6 Å². The highest BCUT2D eigenvalue weighted by Gasteiger charge is 2.27. The summed E-state index contributed by atoms with van der Waals surface area (Å²) in [6.07, 6.45) is 2.61. The van der Waals surface area contributed by atoms with Gasteiger partial charge in [-0.2, -0.15) is 0 Å². The summed E-state index contributed by atoms with van der Waals surface area (Å²) < 4.78 is 10.2. The molecule has 2 aromatic carbocycles. The van der Waals surface area contributed by atoms with E-state index in [1.807, 2.05) is 30.3 Å². The van der Waals surface area contributed by atoms with Crippen LogP contribution in [0.15, 0.2) is 71.4 Å². The van der Waals surface area contributed by atoms with Gasteiger partial charge in [-0.05, 0) is 37.0 Å². The molecule has 0 N–H and O–H groups in total. The third-order valence-electron chi connectivity index (χ3n) is 4.97. The number of esters is 2. The molecule has 1 aliphatic heterocycles. The van der Waals surface area contributed by atoms with Crippen LogP contribution in [0.2, 0.25) is 0 Å². The molecule has 31 heavy (non-hydrogen) atoms. The van der Waals surface area contributed by atoms with Crippen molar-refractivity contribution < 1.29 is 19.1 Å². The SMILES string of the molecule is CCOC(=O)/C=C(\C(=O)OCC)N1CCN=C1CCc1ccccc1-c1ccccc1. The minimum atomic E-state index is -0.564. The van der Waals surface area contributed by atoms with E-state index in [1.165, 1.54) is 17.2 Å². The Bertz CT molecular complexity index is 966. The summed E-state index contributed by atoms with van der Waals surface area (Å²) in [4.78, 5) is 30.9. The number of carbonyl (C=O) groups is 2. The second-order valence-electron chi connectivity index (χ2n) is 6.97. The topological polar surface area (TPSA) is 68.2 Å². The summed E-state index contributed by atoms with van der Waals surface area (Å²) in [7, 11) is 0. The van der Waals surface area contributed by atoms with E-state index in [-0.39, 0.29) is 18.9 Å². The number of rotatable bonds is 9. The van der Waals surface area contributed by atoms with Crippen molar-refractivity contribution >= 4 is 17.8 Å². The van der Waals surface area contributed by atoms with Crippen LogP contribution in [0.5, 0.6) is 0 Å². The number of hydrogen-bond acceptors (Lipinski definition) is 6. The largest absolute Gasteiger partial charge is 0.463 e. The summed E-state index contributed by atoms with van der Waals surface area (Å²) in [5.74, 6) is -0.340. The lowest BCUT2D eigenvalue weighted by Crippen LogP contribution is -2.33. The molecule has 1 heterocycles. The van der Waals surface area contributed by atoms with E-state index in [1.54, 1.807) is 18.7 Å². The fourth-order valence-electron chi connectivity index (χ4n) is 3.60. The molecule has 0 aliphatic carbocycles. The standard InChI is InChI=1S/C25H28N2O4/c1-3-30-24(28)18-22(25(29)31-4-2)27-17-16-26-23(27)15-14-20-12-8-9-13-21(20)19-10-6-5-7-11-19/h5-13,18H,3-4,14-17H2,1-2H3/b22-18+. The van der Waals surface area contributed by atoms with Crippen LogP contribution < -0.4 is 0 Å². The number of aryl methyl sites for hydroxylation is 1. The van der Waals surface area contributed by atoms with Crippen molar-refractivity contribution in [2.75, 3.05) is 26.3 Å². The molecule has 0 unspecified atom stereocenters. The molecular formula is C25H28N2O4. The average molecular weight is 421 g/mol. The molecule has 2 aromatic rings. The van der Waals surface area contributed by atoms with Crippen molar-refractivity contribution in [3.8, 4) is 11.1 Å². The molecule has 0 saturated heterocycles. The van der Waals surface area contributed by atoms with E-state index in [0.717, 1.165) is 17.8 Å². The molecule has 162 valence electrons. The molecule has 0 fully saturated rings. The number of amidine groups is 1. The number of benzene rings is 2. The normalized spacial score (nSPS) is 13.7. The number of hydrogen-bond donors (Lipinski definition) is 0. The Morgan fingerprint density at radius 1 is 0.968 bits per heavy atom. The van der Waals surface area contributed by atoms with Gasteiger partial charge >= 0.3 is 11.9 Å². The first-order valence-electron chi connectivity index (χ1n) is 10.6. The van der Waals surface area contributed by atoms with Crippen LogP contribution >= 0.6 is 0 Å². The van der Waals surface area contributed by atoms with Crippen molar-refractivity contribution in [1.82, 2.24) is 4.90 Å². The molecule has 0 saturated carbocycles. The first-order chi connectivity index (χ1) is 15.1. The number of ether oxygens (including phenoxy) is 2. The first kappa shape index (κ1) is 22.3. The maximum absolute atomic E-state index is 12.5. The minimum Gasteiger partial charge on any atom is -0.463 e. The Morgan fingerprint density at radius 3 is 2.42 bits per heavy atom. The van der Waals surface area contributed by atoms with Gasteiger partial charge < -0.3 is 14.4 Å². The summed E-state index contributed by atoms with van der Waals surface area (Å²) in [5, 5.41) is 0. The van der Waals surface area contributed by atoms with Gasteiger partial charge in [0.2, 0.25) is 0 Å². The fraction of sp³-hybridized carbons (Fsp3) is 0.320. The van der Waals surface area contributed by atoms with Gasteiger partial charge in [0.15, 0.2) is 0 Å². The second-order valence-corrected chi connectivity index (χ2v) is 6.97. The van der Waals surface area contributed by atoms with Crippen molar-refractivity contribution in [2.24, 2.45) is 4.99 Å². The first-order valence-corrected chi connectivity index (χ1v) is 10.6. The molecule has 3 rings (SSSR count). The van der Waals surface area contributed by atoms with Gasteiger partial charge in [0.1, 0.15) is 11.5 Å². The molecular weight excluding hydrogens is 392 g/mol. The molecule has 0 aromatic heterocycles. The highest BCUT2D eigenvalue weighted by atomic mass is 16.5. The van der Waals surface area contributed by atoms with E-state index < -0.39 is 11.9 Å². The lowest BCUT2D eigenvalue weighted by Gasteiger charge is -2.22. The van der Waals surface area contributed by atoms with E-state index >= 15 is 0 Å². The molecule has 6 heteroatoms. The van der Waals surface area contributed by atoms with Crippen LogP contribution in [0.1, 0.15) is 25.8 Å². The maximum Gasteiger partial charge on any atom is 0.355 e. The van der Waals surface area contributed by atoms with Crippen molar-refractivity contribution in [1.29, 1.82) is 0 Å². The summed E-state index contributed by atoms with van der Waals surface area (Å²) >= 11 is 0. The number of aliphatic imine (C=N–C) groups is 1. The van der Waals surface area contributed by atoms with E-state index in [9.17, 15) is 9.59 Å². The van der Waals surface area contributed by atoms with Crippen LogP contribution in [0, 0.1) is 0 Å². The lowest BCUT2D eigenvalue weighted by molar-refractivity contribution is -0.142. The predicted octanol–water partition coefficient (Wildman–Crippen LogP) is 4.01. The Kier molecular flexibility index (Phi) is 7.98. The Morgan fingerprint density at radius 2 is 1.68 bits per heavy atom. The van der Waals surface area contributed by atoms with Gasteiger partial charge in [0, 0.05) is 13.0 Å². The lowest BCUT2D eigenvalue weighted by atomic mass is 9.96. The molecule has 0 amide bonds. The predicted molar refractivity (Wildman–Crippen MR) is 121 cm³/mol. The Hall–Kier alpha value is -3.41. The molecule has 0 spiro atoms. The van der Waals surface area contributed by atoms with Crippen molar-refractivity contribution in [2.45, 2.75) is 26.7 Å². The minimum absolute atomic E-state index is 0.174. The zero-order valence-electron chi connectivity index (χ0n) is 18.0. The Labute approximate surface area is 183 Å². The van der Waals surface area contributed by atoms with Crippen LogP contribution in [0.3, 0.4) is 0 Å². The van der Waals surface area contributed by atoms with E-state index in [4.69, 9.17) is 9.47 Å². The average Bonchev–Trinajstić information content (AvgIpc) is 3.25. The highest BCUT2D eigenvalue weighted by Crippen LogP contribution is 2.25. The smallest absolute Gasteiger partial charge is 0.355 e. The van der Waals surface area contributed by atoms with Gasteiger partial charge in [-0.15, -0.1) is 0 Å². The van der Waals surface area contributed by atoms with Crippen LogP contribution in [0.25, 0.3) is 11.1 Å². The van der Waals surface area contributed by atoms with Gasteiger partial charge in [0.05, 0.1) is 25.8 Å². The quantitative estimate of drug-likeness (QED) is 0.453. The van der Waals surface area contributed by atoms with E-state index in [0.29, 0.717) is 19.5 Å². The van der Waals surface area contributed by atoms with Crippen molar-refractivity contribution in [3.05, 3.63) is 71.9 Å². The second kappa shape index (κ2) is 11.1. The maximum atomic E-state index is 12.5. The van der Waals surface area contributed by atoms with Gasteiger partial charge in [-0.25, -0.2) is 9.59 Å². The molecule has 0 radical (unpaired) electrons. The van der Waals surface area contributed by atoms with Gasteiger partial charge in [0.25, 0.3) is 0 Å². The van der Waals surface area contributed by atoms with E-state index in [2.05, 4.69) is 29.3 Å². The molecule has 6 nitrogen and oxygen atoms in total. The van der Waals surface area contributed by atoms with Gasteiger partial charge in [-0.3, -0.25) is 4.99 Å². The summed E-state index contributed by atoms with van der Waals surface area (Å²) in [6.45, 7) is 5.02. The third-order valence-corrected chi connectivity index (χ3v) is 4.97. The fourth-order valence-corrected chi connectivity index (χ4v) is 3.60. The summed E-state index contributed by atoms with van der Waals surface area (Å²) in [6, 6.07) is 18.5. The highest BCUT2D eigenvalue weighted by molar-refractivity contribution is 6.01. The monoisotopic (exact) mass is 420 g/mol.